The number of esters is 2. The molecule has 0 aliphatic rings. The number of hydrogen-bond donors (Lipinski definition) is 1. The van der Waals surface area contributed by atoms with E-state index in [9.17, 15) is 18.0 Å². The van der Waals surface area contributed by atoms with Gasteiger partial charge in [0.15, 0.2) is 0 Å². The molecule has 1 N–H and O–H groups in total. The number of furan rings is 1. The zero-order chi connectivity index (χ0) is 18.6. The molecule has 1 heterocycles. The fourth-order valence-corrected chi connectivity index (χ4v) is 2.78. The van der Waals surface area contributed by atoms with Crippen molar-refractivity contribution in [1.29, 1.82) is 0 Å². The zero-order valence-corrected chi connectivity index (χ0v) is 14.8. The molecule has 0 spiro atoms. The topological polar surface area (TPSA) is 112 Å². The number of nitrogens with one attached hydrogen (secondary N) is 1. The van der Waals surface area contributed by atoms with Gasteiger partial charge in [-0.05, 0) is 37.4 Å². The molecule has 0 radical (unpaired) electrons. The molecule has 2 rings (SSSR count). The number of carbonyl (C=O) groups is 2. The second-order valence-corrected chi connectivity index (χ2v) is 6.98. The van der Waals surface area contributed by atoms with E-state index in [-0.39, 0.29) is 33.6 Å². The van der Waals surface area contributed by atoms with E-state index < -0.39 is 22.0 Å². The van der Waals surface area contributed by atoms with Gasteiger partial charge < -0.3 is 13.9 Å². The third-order valence-electron chi connectivity index (χ3n) is 3.13. The first kappa shape index (κ1) is 19.0. The van der Waals surface area contributed by atoms with Crippen LogP contribution < -0.4 is 4.72 Å². The molecule has 0 aliphatic heterocycles. The lowest BCUT2D eigenvalue weighted by Gasteiger charge is -2.08. The molecule has 1 aromatic carbocycles. The van der Waals surface area contributed by atoms with Crippen LogP contribution in [0.5, 0.6) is 0 Å². The Bertz CT molecular complexity index is 904. The molecule has 0 amide bonds. The Morgan fingerprint density at radius 3 is 2.56 bits per heavy atom. The molecule has 134 valence electrons. The molecule has 0 atom stereocenters. The van der Waals surface area contributed by atoms with Crippen LogP contribution in [-0.2, 0) is 26.1 Å². The minimum Gasteiger partial charge on any atom is -0.463 e. The number of sulfonamides is 1. The SMILES string of the molecule is CNS(=O)(=O)c1ccc(Cl)c(C(=O)OCc2ccc(C(=O)OC)o2)c1. The first-order chi connectivity index (χ1) is 11.8. The number of halogens is 1. The number of carbonyl (C=O) groups excluding carboxylic acids is 2. The Morgan fingerprint density at radius 1 is 1.20 bits per heavy atom. The van der Waals surface area contributed by atoms with Gasteiger partial charge in [0.25, 0.3) is 0 Å². The van der Waals surface area contributed by atoms with Crippen LogP contribution in [-0.4, -0.2) is 34.5 Å². The van der Waals surface area contributed by atoms with Gasteiger partial charge in [0, 0.05) is 0 Å². The van der Waals surface area contributed by atoms with Crippen molar-refractivity contribution in [1.82, 2.24) is 4.72 Å². The van der Waals surface area contributed by atoms with E-state index in [1.54, 1.807) is 0 Å². The molecule has 0 aliphatic carbocycles. The predicted molar refractivity (Wildman–Crippen MR) is 86.9 cm³/mol. The standard InChI is InChI=1S/C15H14ClNO7S/c1-17-25(20,21)10-4-5-12(16)11(7-10)14(18)23-8-9-3-6-13(24-9)15(19)22-2/h3-7,17H,8H2,1-2H3. The third kappa shape index (κ3) is 4.38. The predicted octanol–water partition coefficient (Wildman–Crippen LogP) is 1.98. The minimum absolute atomic E-state index is 0.0336. The maximum absolute atomic E-state index is 12.1. The molecule has 10 heteroatoms. The summed E-state index contributed by atoms with van der Waals surface area (Å²) >= 11 is 5.93. The fraction of sp³-hybridized carbons (Fsp3) is 0.200. The van der Waals surface area contributed by atoms with Gasteiger partial charge >= 0.3 is 11.9 Å². The Kier molecular flexibility index (Phi) is 5.83. The van der Waals surface area contributed by atoms with Crippen LogP contribution in [0.3, 0.4) is 0 Å². The van der Waals surface area contributed by atoms with Crippen LogP contribution in [0.2, 0.25) is 5.02 Å². The summed E-state index contributed by atoms with van der Waals surface area (Å²) in [5.74, 6) is -1.32. The lowest BCUT2D eigenvalue weighted by Crippen LogP contribution is -2.19. The molecule has 1 aromatic heterocycles. The number of benzene rings is 1. The van der Waals surface area contributed by atoms with Gasteiger partial charge in [-0.3, -0.25) is 0 Å². The molecule has 25 heavy (non-hydrogen) atoms. The van der Waals surface area contributed by atoms with Gasteiger partial charge in [-0.25, -0.2) is 22.7 Å². The maximum Gasteiger partial charge on any atom is 0.373 e. The molecule has 8 nitrogen and oxygen atoms in total. The Labute approximate surface area is 148 Å². The number of ether oxygens (including phenoxy) is 2. The van der Waals surface area contributed by atoms with Crippen molar-refractivity contribution >= 4 is 33.6 Å². The summed E-state index contributed by atoms with van der Waals surface area (Å²) in [5.41, 5.74) is -0.113. The fourth-order valence-electron chi connectivity index (χ4n) is 1.83. The van der Waals surface area contributed by atoms with E-state index in [4.69, 9.17) is 20.8 Å². The third-order valence-corrected chi connectivity index (χ3v) is 4.87. The first-order valence-corrected chi connectivity index (χ1v) is 8.72. The van der Waals surface area contributed by atoms with Crippen molar-refractivity contribution in [2.75, 3.05) is 14.2 Å². The van der Waals surface area contributed by atoms with E-state index in [0.717, 1.165) is 6.07 Å². The van der Waals surface area contributed by atoms with E-state index >= 15 is 0 Å². The minimum atomic E-state index is -3.73. The van der Waals surface area contributed by atoms with Crippen LogP contribution in [0.15, 0.2) is 39.6 Å². The van der Waals surface area contributed by atoms with E-state index in [0.29, 0.717) is 0 Å². The molecular formula is C15H14ClNO7S. The van der Waals surface area contributed by atoms with Crippen LogP contribution in [0.4, 0.5) is 0 Å². The summed E-state index contributed by atoms with van der Waals surface area (Å²) in [6, 6.07) is 6.48. The molecular weight excluding hydrogens is 374 g/mol. The van der Waals surface area contributed by atoms with Gasteiger partial charge in [-0.2, -0.15) is 0 Å². The summed E-state index contributed by atoms with van der Waals surface area (Å²) in [6.45, 7) is -0.269. The monoisotopic (exact) mass is 387 g/mol. The highest BCUT2D eigenvalue weighted by Gasteiger charge is 2.19. The largest absolute Gasteiger partial charge is 0.463 e. The zero-order valence-electron chi connectivity index (χ0n) is 13.2. The van der Waals surface area contributed by atoms with Gasteiger partial charge in [-0.15, -0.1) is 0 Å². The number of rotatable bonds is 6. The summed E-state index contributed by atoms with van der Waals surface area (Å²) in [6.07, 6.45) is 0. The van der Waals surface area contributed by atoms with Crippen molar-refractivity contribution in [3.05, 3.63) is 52.4 Å². The van der Waals surface area contributed by atoms with E-state index in [1.165, 1.54) is 38.4 Å². The Morgan fingerprint density at radius 2 is 1.92 bits per heavy atom. The van der Waals surface area contributed by atoms with Crippen LogP contribution in [0.1, 0.15) is 26.7 Å². The molecule has 2 aromatic rings. The van der Waals surface area contributed by atoms with Crippen LogP contribution >= 0.6 is 11.6 Å². The van der Waals surface area contributed by atoms with E-state index in [2.05, 4.69) is 9.46 Å². The van der Waals surface area contributed by atoms with Crippen molar-refractivity contribution < 1.29 is 31.9 Å². The Hall–Kier alpha value is -2.36. The van der Waals surface area contributed by atoms with E-state index in [1.807, 2.05) is 0 Å². The molecule has 0 fully saturated rings. The van der Waals surface area contributed by atoms with Gasteiger partial charge in [0.05, 0.1) is 22.6 Å². The molecule has 0 bridgehead atoms. The summed E-state index contributed by atoms with van der Waals surface area (Å²) in [7, 11) is -1.28. The Balaban J connectivity index is 2.14. The average Bonchev–Trinajstić information content (AvgIpc) is 3.08. The summed E-state index contributed by atoms with van der Waals surface area (Å²) in [4.78, 5) is 23.3. The van der Waals surface area contributed by atoms with Gasteiger partial charge in [0.2, 0.25) is 15.8 Å². The second-order valence-electron chi connectivity index (χ2n) is 4.68. The maximum atomic E-state index is 12.1. The highest BCUT2D eigenvalue weighted by Crippen LogP contribution is 2.22. The highest BCUT2D eigenvalue weighted by atomic mass is 35.5. The second kappa shape index (κ2) is 7.68. The quantitative estimate of drug-likeness (QED) is 0.754. The first-order valence-electron chi connectivity index (χ1n) is 6.85. The average molecular weight is 388 g/mol. The number of hydrogen-bond acceptors (Lipinski definition) is 7. The van der Waals surface area contributed by atoms with Crippen molar-refractivity contribution in [2.24, 2.45) is 0 Å². The van der Waals surface area contributed by atoms with Gasteiger partial charge in [-0.1, -0.05) is 11.6 Å². The van der Waals surface area contributed by atoms with Crippen molar-refractivity contribution in [2.45, 2.75) is 11.5 Å². The summed E-state index contributed by atoms with van der Waals surface area (Å²) in [5, 5.41) is 0.0368. The smallest absolute Gasteiger partial charge is 0.373 e. The number of methoxy groups -OCH3 is 1. The normalized spacial score (nSPS) is 11.2. The highest BCUT2D eigenvalue weighted by molar-refractivity contribution is 7.89. The molecule has 0 unspecified atom stereocenters. The molecule has 0 saturated carbocycles. The van der Waals surface area contributed by atoms with Gasteiger partial charge in [0.1, 0.15) is 12.4 Å². The van der Waals surface area contributed by atoms with Crippen LogP contribution in [0, 0.1) is 0 Å². The van der Waals surface area contributed by atoms with Crippen molar-refractivity contribution in [3.63, 3.8) is 0 Å². The lowest BCUT2D eigenvalue weighted by molar-refractivity contribution is 0.0438. The summed E-state index contributed by atoms with van der Waals surface area (Å²) < 4.78 is 40.4. The lowest BCUT2D eigenvalue weighted by atomic mass is 10.2. The molecule has 0 saturated heterocycles. The van der Waals surface area contributed by atoms with Crippen molar-refractivity contribution in [3.8, 4) is 0 Å². The van der Waals surface area contributed by atoms with Crippen LogP contribution in [0.25, 0.3) is 0 Å².